The largest absolute Gasteiger partial charge is 0.465 e. The lowest BCUT2D eigenvalue weighted by molar-refractivity contribution is -0.138. The lowest BCUT2D eigenvalue weighted by Crippen LogP contribution is -2.42. The number of carboxylic acid groups (broad SMARTS) is 1. The number of benzene rings is 1. The van der Waals surface area contributed by atoms with E-state index in [1.807, 2.05) is 39.0 Å². The molecule has 0 aliphatic rings. The minimum Gasteiger partial charge on any atom is -0.465 e. The van der Waals surface area contributed by atoms with Gasteiger partial charge in [-0.15, -0.1) is 0 Å². The fourth-order valence-electron chi connectivity index (χ4n) is 2.51. The minimum atomic E-state index is -1.15. The molecule has 24 heavy (non-hydrogen) atoms. The third kappa shape index (κ3) is 5.91. The molecule has 130 valence electrons. The summed E-state index contributed by atoms with van der Waals surface area (Å²) in [6, 6.07) is 7.48. The first-order chi connectivity index (χ1) is 11.2. The molecular formula is C19H25NO4. The molecule has 1 atom stereocenters. The molecule has 2 N–H and O–H groups in total. The maximum absolute atomic E-state index is 11.2. The van der Waals surface area contributed by atoms with Crippen molar-refractivity contribution in [1.82, 2.24) is 5.32 Å². The fraction of sp³-hybridized carbons (Fsp3) is 0.368. The molecule has 0 aromatic heterocycles. The van der Waals surface area contributed by atoms with E-state index in [-0.39, 0.29) is 12.0 Å². The van der Waals surface area contributed by atoms with Gasteiger partial charge in [0.1, 0.15) is 6.61 Å². The summed E-state index contributed by atoms with van der Waals surface area (Å²) >= 11 is 0. The molecule has 0 heterocycles. The first-order valence-corrected chi connectivity index (χ1v) is 7.71. The van der Waals surface area contributed by atoms with Crippen molar-refractivity contribution in [2.24, 2.45) is 0 Å². The SMILES string of the molecule is C=CC(=O)OCC(CC(C)(C)c1cccc(C(=C)C)c1)NC(=O)O. The second-order valence-electron chi connectivity index (χ2n) is 6.43. The van der Waals surface area contributed by atoms with Crippen LogP contribution >= 0.6 is 0 Å². The summed E-state index contributed by atoms with van der Waals surface area (Å²) in [5.74, 6) is -0.575. The van der Waals surface area contributed by atoms with Gasteiger partial charge in [0, 0.05) is 6.08 Å². The van der Waals surface area contributed by atoms with E-state index >= 15 is 0 Å². The Morgan fingerprint density at radius 3 is 2.62 bits per heavy atom. The number of esters is 1. The molecule has 5 nitrogen and oxygen atoms in total. The Morgan fingerprint density at radius 1 is 1.42 bits per heavy atom. The number of hydrogen-bond acceptors (Lipinski definition) is 3. The van der Waals surface area contributed by atoms with Crippen LogP contribution in [-0.2, 0) is 14.9 Å². The fourth-order valence-corrected chi connectivity index (χ4v) is 2.51. The van der Waals surface area contributed by atoms with E-state index in [9.17, 15) is 9.59 Å². The Kier molecular flexibility index (Phi) is 6.77. The molecular weight excluding hydrogens is 306 g/mol. The topological polar surface area (TPSA) is 75.6 Å². The Bertz CT molecular complexity index is 634. The first kappa shape index (κ1) is 19.5. The minimum absolute atomic E-state index is 0.0409. The highest BCUT2D eigenvalue weighted by Crippen LogP contribution is 2.30. The third-order valence-electron chi connectivity index (χ3n) is 3.81. The number of carbonyl (C=O) groups excluding carboxylic acids is 1. The zero-order valence-corrected chi connectivity index (χ0v) is 14.5. The molecule has 1 amide bonds. The molecule has 1 aromatic rings. The van der Waals surface area contributed by atoms with Gasteiger partial charge in [-0.05, 0) is 29.9 Å². The van der Waals surface area contributed by atoms with E-state index in [1.54, 1.807) is 0 Å². The van der Waals surface area contributed by atoms with Crippen molar-refractivity contribution in [3.63, 3.8) is 0 Å². The number of hydrogen-bond donors (Lipinski definition) is 2. The summed E-state index contributed by atoms with van der Waals surface area (Å²) in [6.45, 7) is 13.2. The Labute approximate surface area is 143 Å². The van der Waals surface area contributed by atoms with Crippen LogP contribution < -0.4 is 5.32 Å². The average Bonchev–Trinajstić information content (AvgIpc) is 2.51. The van der Waals surface area contributed by atoms with Crippen molar-refractivity contribution < 1.29 is 19.4 Å². The van der Waals surface area contributed by atoms with Crippen molar-refractivity contribution in [3.05, 3.63) is 54.6 Å². The van der Waals surface area contributed by atoms with Crippen LogP contribution in [0.3, 0.4) is 0 Å². The number of nitrogens with one attached hydrogen (secondary N) is 1. The van der Waals surface area contributed by atoms with Gasteiger partial charge in [-0.25, -0.2) is 9.59 Å². The quantitative estimate of drug-likeness (QED) is 0.562. The van der Waals surface area contributed by atoms with Crippen molar-refractivity contribution in [2.75, 3.05) is 6.61 Å². The van der Waals surface area contributed by atoms with Gasteiger partial charge in [0.15, 0.2) is 0 Å². The van der Waals surface area contributed by atoms with Crippen LogP contribution in [0.1, 0.15) is 38.3 Å². The molecule has 0 saturated heterocycles. The van der Waals surface area contributed by atoms with Crippen LogP contribution in [0.2, 0.25) is 0 Å². The molecule has 0 radical (unpaired) electrons. The number of carbonyl (C=O) groups is 2. The van der Waals surface area contributed by atoms with E-state index in [4.69, 9.17) is 9.84 Å². The molecule has 0 aliphatic heterocycles. The molecule has 0 spiro atoms. The number of allylic oxidation sites excluding steroid dienone is 1. The Balaban J connectivity index is 2.94. The van der Waals surface area contributed by atoms with Gasteiger partial charge in [0.25, 0.3) is 0 Å². The molecule has 0 saturated carbocycles. The highest BCUT2D eigenvalue weighted by Gasteiger charge is 2.27. The van der Waals surface area contributed by atoms with Crippen LogP contribution in [0.5, 0.6) is 0 Å². The monoisotopic (exact) mass is 331 g/mol. The van der Waals surface area contributed by atoms with Gasteiger partial charge in [0.05, 0.1) is 6.04 Å². The highest BCUT2D eigenvalue weighted by atomic mass is 16.5. The second-order valence-corrected chi connectivity index (χ2v) is 6.43. The van der Waals surface area contributed by atoms with Gasteiger partial charge >= 0.3 is 12.1 Å². The second kappa shape index (κ2) is 8.34. The van der Waals surface area contributed by atoms with Crippen molar-refractivity contribution in [2.45, 2.75) is 38.6 Å². The summed E-state index contributed by atoms with van der Waals surface area (Å²) < 4.78 is 5.00. The number of amides is 1. The number of ether oxygens (including phenoxy) is 1. The zero-order chi connectivity index (χ0) is 18.3. The summed E-state index contributed by atoms with van der Waals surface area (Å²) in [4.78, 5) is 22.2. The smallest absolute Gasteiger partial charge is 0.404 e. The number of rotatable bonds is 8. The van der Waals surface area contributed by atoms with Crippen molar-refractivity contribution in [1.29, 1.82) is 0 Å². The van der Waals surface area contributed by atoms with Crippen LogP contribution in [-0.4, -0.2) is 29.8 Å². The Morgan fingerprint density at radius 2 is 2.08 bits per heavy atom. The van der Waals surface area contributed by atoms with Crippen LogP contribution in [0, 0.1) is 0 Å². The average molecular weight is 331 g/mol. The van der Waals surface area contributed by atoms with Crippen LogP contribution in [0.15, 0.2) is 43.5 Å². The molecule has 0 fully saturated rings. The van der Waals surface area contributed by atoms with E-state index in [0.29, 0.717) is 6.42 Å². The van der Waals surface area contributed by atoms with Crippen molar-refractivity contribution >= 4 is 17.6 Å². The van der Waals surface area contributed by atoms with Gasteiger partial charge in [0.2, 0.25) is 0 Å². The van der Waals surface area contributed by atoms with E-state index in [0.717, 1.165) is 22.8 Å². The zero-order valence-electron chi connectivity index (χ0n) is 14.5. The van der Waals surface area contributed by atoms with E-state index in [1.165, 1.54) is 0 Å². The maximum atomic E-state index is 11.2. The maximum Gasteiger partial charge on any atom is 0.404 e. The van der Waals surface area contributed by atoms with Crippen LogP contribution in [0.4, 0.5) is 4.79 Å². The lowest BCUT2D eigenvalue weighted by atomic mass is 9.78. The van der Waals surface area contributed by atoms with Crippen molar-refractivity contribution in [3.8, 4) is 0 Å². The molecule has 0 bridgehead atoms. The van der Waals surface area contributed by atoms with E-state index in [2.05, 4.69) is 24.5 Å². The van der Waals surface area contributed by atoms with E-state index < -0.39 is 18.1 Å². The highest BCUT2D eigenvalue weighted by molar-refractivity contribution is 5.81. The van der Waals surface area contributed by atoms with Gasteiger partial charge in [-0.3, -0.25) is 0 Å². The lowest BCUT2D eigenvalue weighted by Gasteiger charge is -2.30. The summed E-state index contributed by atoms with van der Waals surface area (Å²) in [5.41, 5.74) is 2.75. The molecule has 0 aliphatic carbocycles. The normalized spacial score (nSPS) is 12.1. The summed E-state index contributed by atoms with van der Waals surface area (Å²) in [5, 5.41) is 11.4. The van der Waals surface area contributed by atoms with Crippen LogP contribution in [0.25, 0.3) is 5.57 Å². The summed E-state index contributed by atoms with van der Waals surface area (Å²) in [7, 11) is 0. The molecule has 1 unspecified atom stereocenters. The molecule has 5 heteroatoms. The third-order valence-corrected chi connectivity index (χ3v) is 3.81. The van der Waals surface area contributed by atoms with Gasteiger partial charge in [-0.2, -0.15) is 0 Å². The summed E-state index contributed by atoms with van der Waals surface area (Å²) in [6.07, 6.45) is 0.379. The predicted octanol–water partition coefficient (Wildman–Crippen LogP) is 3.75. The molecule has 1 aromatic carbocycles. The van der Waals surface area contributed by atoms with Gasteiger partial charge < -0.3 is 15.2 Å². The van der Waals surface area contributed by atoms with Gasteiger partial charge in [-0.1, -0.05) is 56.8 Å². The first-order valence-electron chi connectivity index (χ1n) is 7.71. The molecule has 1 rings (SSSR count). The standard InChI is InChI=1S/C19H25NO4/c1-6-17(21)24-12-16(20-18(22)23)11-19(4,5)15-9-7-8-14(10-15)13(2)3/h6-10,16,20H,1-2,11-12H2,3-5H3,(H,22,23). The predicted molar refractivity (Wildman–Crippen MR) is 94.9 cm³/mol. The Hall–Kier alpha value is -2.56.